The number of ether oxygens (including phenoxy) is 2. The largest absolute Gasteiger partial charge is 0.454 e. The highest BCUT2D eigenvalue weighted by Gasteiger charge is 2.46. The second-order valence-electron chi connectivity index (χ2n) is 17.2. The van der Waals surface area contributed by atoms with Gasteiger partial charge in [-0.15, -0.1) is 0 Å². The summed E-state index contributed by atoms with van der Waals surface area (Å²) in [4.78, 5) is 4.92. The molecule has 49 heavy (non-hydrogen) atoms. The van der Waals surface area contributed by atoms with Crippen molar-refractivity contribution in [3.63, 3.8) is 0 Å². The van der Waals surface area contributed by atoms with Crippen LogP contribution in [0.25, 0.3) is 0 Å². The molecule has 0 bridgehead atoms. The second-order valence-corrected chi connectivity index (χ2v) is 17.2. The molecule has 0 saturated heterocycles. The third-order valence-corrected chi connectivity index (χ3v) is 10.6. The van der Waals surface area contributed by atoms with Crippen LogP contribution in [0.2, 0.25) is 0 Å². The Morgan fingerprint density at radius 3 is 1.63 bits per heavy atom. The van der Waals surface area contributed by atoms with Gasteiger partial charge in [0.1, 0.15) is 0 Å². The van der Waals surface area contributed by atoms with E-state index in [1.165, 1.54) is 61.4 Å². The highest BCUT2D eigenvalue weighted by molar-refractivity contribution is 7.00. The molecule has 0 radical (unpaired) electrons. The van der Waals surface area contributed by atoms with Crippen LogP contribution in [-0.2, 0) is 16.2 Å². The minimum atomic E-state index is -0.00216. The minimum absolute atomic E-state index is 0.00216. The summed E-state index contributed by atoms with van der Waals surface area (Å²) < 4.78 is 12.3. The van der Waals surface area contributed by atoms with Crippen molar-refractivity contribution in [3.8, 4) is 11.5 Å². The molecule has 0 spiro atoms. The maximum Gasteiger partial charge on any atom is 0.252 e. The van der Waals surface area contributed by atoms with E-state index in [2.05, 4.69) is 170 Å². The Balaban J connectivity index is 1.44. The van der Waals surface area contributed by atoms with Crippen molar-refractivity contribution in [2.24, 2.45) is 0 Å². The van der Waals surface area contributed by atoms with E-state index in [0.29, 0.717) is 0 Å². The van der Waals surface area contributed by atoms with Crippen LogP contribution >= 0.6 is 0 Å². The first-order valence-electron chi connectivity index (χ1n) is 17.6. The van der Waals surface area contributed by atoms with Crippen LogP contribution in [0.3, 0.4) is 0 Å². The lowest BCUT2D eigenvalue weighted by atomic mass is 9.33. The van der Waals surface area contributed by atoms with Crippen molar-refractivity contribution in [2.45, 2.75) is 85.5 Å². The maximum atomic E-state index is 6.33. The molecular formula is C44H47BN2O2. The summed E-state index contributed by atoms with van der Waals surface area (Å²) in [5.41, 5.74) is 16.1. The lowest BCUT2D eigenvalue weighted by Crippen LogP contribution is -2.61. The van der Waals surface area contributed by atoms with Gasteiger partial charge in [0.25, 0.3) is 6.71 Å². The fraction of sp³-hybridized carbons (Fsp3) is 0.318. The number of hydrogen-bond donors (Lipinski definition) is 0. The van der Waals surface area contributed by atoms with Crippen molar-refractivity contribution in [3.05, 3.63) is 113 Å². The molecule has 3 aliphatic heterocycles. The van der Waals surface area contributed by atoms with Gasteiger partial charge in [0, 0.05) is 28.4 Å². The van der Waals surface area contributed by atoms with Gasteiger partial charge in [-0.25, -0.2) is 0 Å². The SMILES string of the molecule is Cc1cc2c3c(c1)N(c1ccc(C(C)(C)C)cc1)c1c(ccc4c1OCO4)B3c1cc(C(C)(C)C)ccc1N2c1ccc(C(C)(C)C)cc1. The molecular weight excluding hydrogens is 599 g/mol. The van der Waals surface area contributed by atoms with Gasteiger partial charge in [-0.05, 0) is 110 Å². The van der Waals surface area contributed by atoms with Crippen molar-refractivity contribution < 1.29 is 9.47 Å². The van der Waals surface area contributed by atoms with Gasteiger partial charge in [0.2, 0.25) is 6.79 Å². The Kier molecular flexibility index (Phi) is 6.89. The van der Waals surface area contributed by atoms with Crippen LogP contribution in [0.1, 0.15) is 84.6 Å². The van der Waals surface area contributed by atoms with Crippen LogP contribution < -0.4 is 35.7 Å². The van der Waals surface area contributed by atoms with Crippen LogP contribution in [0.15, 0.2) is 91.0 Å². The van der Waals surface area contributed by atoms with Crippen LogP contribution in [0.4, 0.5) is 34.1 Å². The monoisotopic (exact) mass is 646 g/mol. The molecule has 0 aromatic heterocycles. The lowest BCUT2D eigenvalue weighted by Gasteiger charge is -2.45. The van der Waals surface area contributed by atoms with Crippen molar-refractivity contribution in [2.75, 3.05) is 16.6 Å². The van der Waals surface area contributed by atoms with Crippen LogP contribution in [0, 0.1) is 6.92 Å². The molecule has 0 amide bonds. The third kappa shape index (κ3) is 5.04. The average molecular weight is 647 g/mol. The van der Waals surface area contributed by atoms with Crippen molar-refractivity contribution in [1.29, 1.82) is 0 Å². The second kappa shape index (κ2) is 10.7. The zero-order chi connectivity index (χ0) is 34.6. The molecule has 0 unspecified atom stereocenters. The Morgan fingerprint density at radius 1 is 0.531 bits per heavy atom. The van der Waals surface area contributed by atoms with Gasteiger partial charge in [-0.3, -0.25) is 0 Å². The number of benzene rings is 5. The summed E-state index contributed by atoms with van der Waals surface area (Å²) in [6, 6.07) is 34.5. The van der Waals surface area contributed by atoms with E-state index in [-0.39, 0.29) is 29.8 Å². The Hall–Kier alpha value is -4.64. The molecule has 5 aromatic rings. The first kappa shape index (κ1) is 31.6. The van der Waals surface area contributed by atoms with Crippen LogP contribution in [0.5, 0.6) is 11.5 Å². The van der Waals surface area contributed by atoms with E-state index in [1.54, 1.807) is 0 Å². The van der Waals surface area contributed by atoms with E-state index >= 15 is 0 Å². The molecule has 0 aliphatic carbocycles. The van der Waals surface area contributed by atoms with Crippen molar-refractivity contribution >= 4 is 57.2 Å². The molecule has 0 fully saturated rings. The van der Waals surface area contributed by atoms with E-state index in [1.807, 2.05) is 0 Å². The number of nitrogens with zero attached hydrogens (tertiary/aromatic N) is 2. The zero-order valence-corrected chi connectivity index (χ0v) is 30.7. The molecule has 5 heteroatoms. The molecule has 248 valence electrons. The van der Waals surface area contributed by atoms with Gasteiger partial charge < -0.3 is 19.3 Å². The summed E-state index contributed by atoms with van der Waals surface area (Å²) >= 11 is 0. The molecule has 8 rings (SSSR count). The number of fused-ring (bicyclic) bond motifs is 6. The minimum Gasteiger partial charge on any atom is -0.454 e. The predicted molar refractivity (Wildman–Crippen MR) is 207 cm³/mol. The van der Waals surface area contributed by atoms with Gasteiger partial charge >= 0.3 is 0 Å². The fourth-order valence-electron chi connectivity index (χ4n) is 7.81. The number of anilines is 6. The third-order valence-electron chi connectivity index (χ3n) is 10.6. The van der Waals surface area contributed by atoms with Gasteiger partial charge in [-0.2, -0.15) is 0 Å². The van der Waals surface area contributed by atoms with E-state index in [9.17, 15) is 0 Å². The smallest absolute Gasteiger partial charge is 0.252 e. The standard InChI is InChI=1S/C44H47BN2O2/c1-27-23-36-39-37(24-27)47(32-18-13-29(14-19-32)43(5,6)7)40-33(20-22-38-41(40)49-26-48-38)45(39)34-25-30(44(8,9)10)15-21-35(34)46(36)31-16-11-28(12-17-31)42(2,3)4/h11-25H,26H2,1-10H3. The van der Waals surface area contributed by atoms with E-state index in [0.717, 1.165) is 22.9 Å². The summed E-state index contributed by atoms with van der Waals surface area (Å²) in [7, 11) is 0. The first-order chi connectivity index (χ1) is 23.1. The molecule has 3 aliphatic rings. The number of hydrogen-bond acceptors (Lipinski definition) is 4. The Morgan fingerprint density at radius 2 is 1.06 bits per heavy atom. The molecule has 3 heterocycles. The summed E-state index contributed by atoms with van der Waals surface area (Å²) in [6.07, 6.45) is 0. The Labute approximate surface area is 292 Å². The zero-order valence-electron chi connectivity index (χ0n) is 30.7. The fourth-order valence-corrected chi connectivity index (χ4v) is 7.81. The molecule has 0 N–H and O–H groups in total. The van der Waals surface area contributed by atoms with E-state index in [4.69, 9.17) is 9.47 Å². The van der Waals surface area contributed by atoms with Crippen LogP contribution in [-0.4, -0.2) is 13.5 Å². The van der Waals surface area contributed by atoms with Gasteiger partial charge in [0.05, 0.1) is 5.69 Å². The molecule has 0 saturated carbocycles. The summed E-state index contributed by atoms with van der Waals surface area (Å²) in [5, 5.41) is 0. The summed E-state index contributed by atoms with van der Waals surface area (Å²) in [6.45, 7) is 23.0. The normalized spacial score (nSPS) is 14.9. The van der Waals surface area contributed by atoms with E-state index < -0.39 is 0 Å². The lowest BCUT2D eigenvalue weighted by molar-refractivity contribution is 0.174. The maximum absolute atomic E-state index is 6.33. The predicted octanol–water partition coefficient (Wildman–Crippen LogP) is 9.70. The van der Waals surface area contributed by atoms with Gasteiger partial charge in [0.15, 0.2) is 11.5 Å². The number of rotatable bonds is 2. The topological polar surface area (TPSA) is 24.9 Å². The summed E-state index contributed by atoms with van der Waals surface area (Å²) in [5.74, 6) is 1.62. The highest BCUT2D eigenvalue weighted by atomic mass is 16.7. The Bertz CT molecular complexity index is 2110. The van der Waals surface area contributed by atoms with Crippen molar-refractivity contribution in [1.82, 2.24) is 0 Å². The quantitative estimate of drug-likeness (QED) is 0.175. The molecule has 5 aromatic carbocycles. The van der Waals surface area contributed by atoms with Gasteiger partial charge in [-0.1, -0.05) is 105 Å². The number of aryl methyl sites for hydroxylation is 1. The average Bonchev–Trinajstić information content (AvgIpc) is 3.53. The molecule has 0 atom stereocenters. The highest BCUT2D eigenvalue weighted by Crippen LogP contribution is 2.50. The first-order valence-corrected chi connectivity index (χ1v) is 17.6. The molecule has 4 nitrogen and oxygen atoms in total.